The highest BCUT2D eigenvalue weighted by Gasteiger charge is 2.55. The van der Waals surface area contributed by atoms with E-state index in [2.05, 4.69) is 24.1 Å². The van der Waals surface area contributed by atoms with Crippen LogP contribution in [-0.4, -0.2) is 31.6 Å². The Labute approximate surface area is 167 Å². The second-order valence-electron chi connectivity index (χ2n) is 9.04. The molecule has 0 saturated heterocycles. The lowest BCUT2D eigenvalue weighted by molar-refractivity contribution is -0.172. The predicted octanol–water partition coefficient (Wildman–Crippen LogP) is 4.23. The number of rotatable bonds is 7. The van der Waals surface area contributed by atoms with E-state index >= 15 is 0 Å². The molecule has 5 nitrogen and oxygen atoms in total. The van der Waals surface area contributed by atoms with E-state index in [1.807, 2.05) is 24.3 Å². The molecule has 1 aromatic carbocycles. The number of benzene rings is 1. The van der Waals surface area contributed by atoms with Crippen molar-refractivity contribution in [2.75, 3.05) is 29.9 Å². The maximum absolute atomic E-state index is 12.8. The number of nitrogens with one attached hydrogen (secondary N) is 1. The molecule has 0 radical (unpaired) electrons. The number of carbonyl (C=O) groups excluding carboxylic acids is 2. The minimum Gasteiger partial charge on any atom is -0.455 e. The van der Waals surface area contributed by atoms with Crippen LogP contribution in [0.2, 0.25) is 0 Å². The topological polar surface area (TPSA) is 58.6 Å². The van der Waals surface area contributed by atoms with Gasteiger partial charge in [0.2, 0.25) is 0 Å². The van der Waals surface area contributed by atoms with E-state index < -0.39 is 0 Å². The zero-order chi connectivity index (χ0) is 19.7. The average molecular weight is 385 g/mol. The van der Waals surface area contributed by atoms with Gasteiger partial charge in [0.1, 0.15) is 0 Å². The van der Waals surface area contributed by atoms with Crippen LogP contribution < -0.4 is 10.2 Å². The molecule has 5 heteroatoms. The maximum atomic E-state index is 12.8. The Balaban J connectivity index is 1.29. The monoisotopic (exact) mass is 384 g/mol. The molecule has 0 heterocycles. The summed E-state index contributed by atoms with van der Waals surface area (Å²) in [6.07, 6.45) is 6.76. The van der Waals surface area contributed by atoms with Gasteiger partial charge >= 0.3 is 5.97 Å². The van der Waals surface area contributed by atoms with Gasteiger partial charge in [-0.25, -0.2) is 0 Å². The van der Waals surface area contributed by atoms with E-state index in [0.717, 1.165) is 43.7 Å². The highest BCUT2D eigenvalue weighted by Crippen LogP contribution is 2.60. The number of esters is 1. The van der Waals surface area contributed by atoms with E-state index in [1.165, 1.54) is 19.3 Å². The Kier molecular flexibility index (Phi) is 5.35. The molecule has 5 rings (SSSR count). The summed E-state index contributed by atoms with van der Waals surface area (Å²) in [7, 11) is 0. The van der Waals surface area contributed by atoms with Crippen LogP contribution in [0.4, 0.5) is 11.4 Å². The number of carbonyl (C=O) groups is 2. The van der Waals surface area contributed by atoms with Crippen molar-refractivity contribution in [2.45, 2.75) is 52.4 Å². The second kappa shape index (κ2) is 7.76. The van der Waals surface area contributed by atoms with Gasteiger partial charge in [0.05, 0.1) is 5.41 Å². The largest absolute Gasteiger partial charge is 0.455 e. The SMILES string of the molecule is CCN(CC)c1ccc(NC(=O)COC(=O)C23CC4CC(CC(C4)C2)C3)cc1. The molecule has 1 aromatic rings. The predicted molar refractivity (Wildman–Crippen MR) is 110 cm³/mol. The molecule has 0 aromatic heterocycles. The van der Waals surface area contributed by atoms with Crippen molar-refractivity contribution in [3.05, 3.63) is 24.3 Å². The quantitative estimate of drug-likeness (QED) is 0.715. The Morgan fingerprint density at radius 3 is 2.04 bits per heavy atom. The van der Waals surface area contributed by atoms with Crippen molar-refractivity contribution in [1.82, 2.24) is 0 Å². The average Bonchev–Trinajstić information content (AvgIpc) is 2.67. The summed E-state index contributed by atoms with van der Waals surface area (Å²) in [5.74, 6) is 1.66. The molecular formula is C23H32N2O3. The van der Waals surface area contributed by atoms with Gasteiger partial charge in [-0.05, 0) is 94.4 Å². The number of nitrogens with zero attached hydrogens (tertiary/aromatic N) is 1. The third kappa shape index (κ3) is 3.76. The lowest BCUT2D eigenvalue weighted by Gasteiger charge is -2.55. The highest BCUT2D eigenvalue weighted by molar-refractivity contribution is 5.93. The molecule has 4 aliphatic carbocycles. The summed E-state index contributed by atoms with van der Waals surface area (Å²) in [5, 5.41) is 2.84. The summed E-state index contributed by atoms with van der Waals surface area (Å²) >= 11 is 0. The second-order valence-corrected chi connectivity index (χ2v) is 9.04. The number of hydrogen-bond acceptors (Lipinski definition) is 4. The standard InChI is InChI=1S/C23H32N2O3/c1-3-25(4-2)20-7-5-19(6-8-20)24-21(26)15-28-22(27)23-12-16-9-17(13-23)11-18(10-16)14-23/h5-8,16-18H,3-4,9-15H2,1-2H3,(H,24,26). The van der Waals surface area contributed by atoms with Gasteiger partial charge in [-0.15, -0.1) is 0 Å². The number of amides is 1. The molecule has 0 unspecified atom stereocenters. The van der Waals surface area contributed by atoms with Gasteiger partial charge in [0.15, 0.2) is 6.61 Å². The summed E-state index contributed by atoms with van der Waals surface area (Å²) in [5.41, 5.74) is 1.56. The zero-order valence-electron chi connectivity index (χ0n) is 17.1. The first-order valence-corrected chi connectivity index (χ1v) is 10.8. The summed E-state index contributed by atoms with van der Waals surface area (Å²) < 4.78 is 5.50. The van der Waals surface area contributed by atoms with Gasteiger partial charge in [0.25, 0.3) is 5.91 Å². The summed E-state index contributed by atoms with van der Waals surface area (Å²) in [6, 6.07) is 7.80. The fourth-order valence-electron chi connectivity index (χ4n) is 6.19. The molecule has 0 spiro atoms. The van der Waals surface area contributed by atoms with Gasteiger partial charge in [-0.1, -0.05) is 0 Å². The third-order valence-corrected chi connectivity index (χ3v) is 7.09. The number of anilines is 2. The molecule has 28 heavy (non-hydrogen) atoms. The van der Waals surface area contributed by atoms with Crippen LogP contribution in [0.3, 0.4) is 0 Å². The lowest BCUT2D eigenvalue weighted by Crippen LogP contribution is -2.50. The molecule has 0 aliphatic heterocycles. The van der Waals surface area contributed by atoms with Crippen molar-refractivity contribution in [2.24, 2.45) is 23.2 Å². The molecule has 4 fully saturated rings. The molecule has 152 valence electrons. The van der Waals surface area contributed by atoms with Crippen molar-refractivity contribution < 1.29 is 14.3 Å². The van der Waals surface area contributed by atoms with Crippen molar-refractivity contribution in [1.29, 1.82) is 0 Å². The maximum Gasteiger partial charge on any atom is 0.312 e. The van der Waals surface area contributed by atoms with Gasteiger partial charge in [-0.3, -0.25) is 9.59 Å². The smallest absolute Gasteiger partial charge is 0.312 e. The normalized spacial score (nSPS) is 30.1. The van der Waals surface area contributed by atoms with Crippen LogP contribution >= 0.6 is 0 Å². The van der Waals surface area contributed by atoms with Crippen LogP contribution in [0.25, 0.3) is 0 Å². The van der Waals surface area contributed by atoms with E-state index in [0.29, 0.717) is 17.8 Å². The minimum atomic E-state index is -0.305. The lowest BCUT2D eigenvalue weighted by atomic mass is 9.49. The van der Waals surface area contributed by atoms with E-state index in [9.17, 15) is 9.59 Å². The first-order chi connectivity index (χ1) is 13.5. The molecule has 0 atom stereocenters. The van der Waals surface area contributed by atoms with Crippen LogP contribution in [0.15, 0.2) is 24.3 Å². The van der Waals surface area contributed by atoms with Crippen molar-refractivity contribution in [3.63, 3.8) is 0 Å². The fourth-order valence-corrected chi connectivity index (χ4v) is 6.19. The third-order valence-electron chi connectivity index (χ3n) is 7.09. The number of hydrogen-bond donors (Lipinski definition) is 1. The van der Waals surface area contributed by atoms with Crippen molar-refractivity contribution >= 4 is 23.3 Å². The number of ether oxygens (including phenoxy) is 1. The Hall–Kier alpha value is -2.04. The van der Waals surface area contributed by atoms with E-state index in [4.69, 9.17) is 4.74 Å². The molecule has 4 saturated carbocycles. The van der Waals surface area contributed by atoms with Crippen LogP contribution in [0.5, 0.6) is 0 Å². The van der Waals surface area contributed by atoms with E-state index in [-0.39, 0.29) is 23.9 Å². The Bertz CT molecular complexity index is 689. The Morgan fingerprint density at radius 2 is 1.54 bits per heavy atom. The Morgan fingerprint density at radius 1 is 1.00 bits per heavy atom. The summed E-state index contributed by atoms with van der Waals surface area (Å²) in [4.78, 5) is 27.4. The molecule has 4 bridgehead atoms. The molecular weight excluding hydrogens is 352 g/mol. The first kappa shape index (κ1) is 19.3. The molecule has 1 amide bonds. The van der Waals surface area contributed by atoms with Crippen LogP contribution in [0.1, 0.15) is 52.4 Å². The zero-order valence-corrected chi connectivity index (χ0v) is 17.1. The van der Waals surface area contributed by atoms with Crippen LogP contribution in [-0.2, 0) is 14.3 Å². The van der Waals surface area contributed by atoms with E-state index in [1.54, 1.807) is 0 Å². The molecule has 4 aliphatic rings. The van der Waals surface area contributed by atoms with Crippen molar-refractivity contribution in [3.8, 4) is 0 Å². The minimum absolute atomic E-state index is 0.140. The van der Waals surface area contributed by atoms with Gasteiger partial charge in [-0.2, -0.15) is 0 Å². The van der Waals surface area contributed by atoms with Gasteiger partial charge < -0.3 is 15.0 Å². The summed E-state index contributed by atoms with van der Waals surface area (Å²) in [6.45, 7) is 5.94. The molecule has 1 N–H and O–H groups in total. The van der Waals surface area contributed by atoms with Crippen LogP contribution in [0, 0.1) is 23.2 Å². The van der Waals surface area contributed by atoms with Gasteiger partial charge in [0, 0.05) is 24.5 Å². The highest BCUT2D eigenvalue weighted by atomic mass is 16.5. The fraction of sp³-hybridized carbons (Fsp3) is 0.652. The first-order valence-electron chi connectivity index (χ1n) is 10.8.